The van der Waals surface area contributed by atoms with Crippen molar-refractivity contribution < 1.29 is 4.79 Å². The Bertz CT molecular complexity index is 941. The number of rotatable bonds is 2. The first-order chi connectivity index (χ1) is 11.6. The van der Waals surface area contributed by atoms with Crippen molar-refractivity contribution in [3.05, 3.63) is 59.4 Å². The average molecular weight is 319 g/mol. The van der Waals surface area contributed by atoms with Crippen molar-refractivity contribution in [2.75, 3.05) is 11.4 Å². The Morgan fingerprint density at radius 1 is 1.08 bits per heavy atom. The first-order valence-corrected chi connectivity index (χ1v) is 8.34. The Balaban J connectivity index is 1.71. The first kappa shape index (κ1) is 14.9. The van der Waals surface area contributed by atoms with Gasteiger partial charge in [-0.2, -0.15) is 0 Å². The van der Waals surface area contributed by atoms with Crippen molar-refractivity contribution in [3.8, 4) is 0 Å². The molecule has 1 atom stereocenters. The lowest BCUT2D eigenvalue weighted by atomic mass is 10.1. The summed E-state index contributed by atoms with van der Waals surface area (Å²) in [6.07, 6.45) is 0.518. The molecule has 1 saturated heterocycles. The minimum Gasteiger partial charge on any atom is -0.331 e. The van der Waals surface area contributed by atoms with E-state index in [0.29, 0.717) is 13.0 Å². The molecule has 0 N–H and O–H groups in total. The van der Waals surface area contributed by atoms with Gasteiger partial charge in [0.1, 0.15) is 5.82 Å². The van der Waals surface area contributed by atoms with Gasteiger partial charge in [0.15, 0.2) is 0 Å². The van der Waals surface area contributed by atoms with Crippen LogP contribution in [0.2, 0.25) is 0 Å². The van der Waals surface area contributed by atoms with Crippen LogP contribution in [0.25, 0.3) is 11.0 Å². The number of para-hydroxylation sites is 2. The van der Waals surface area contributed by atoms with E-state index in [1.54, 1.807) is 0 Å². The number of carbonyl (C=O) groups is 1. The topological polar surface area (TPSA) is 38.1 Å². The van der Waals surface area contributed by atoms with E-state index in [0.717, 1.165) is 22.5 Å². The number of hydrogen-bond donors (Lipinski definition) is 0. The highest BCUT2D eigenvalue weighted by atomic mass is 16.2. The number of anilines is 1. The minimum atomic E-state index is 0.134. The second-order valence-corrected chi connectivity index (χ2v) is 6.64. The lowest BCUT2D eigenvalue weighted by molar-refractivity contribution is -0.117. The fraction of sp³-hybridized carbons (Fsp3) is 0.300. The van der Waals surface area contributed by atoms with Gasteiger partial charge in [-0.1, -0.05) is 24.3 Å². The maximum atomic E-state index is 12.6. The fourth-order valence-electron chi connectivity index (χ4n) is 3.67. The third-order valence-electron chi connectivity index (χ3n) is 5.18. The molecule has 4 nitrogen and oxygen atoms in total. The van der Waals surface area contributed by atoms with E-state index < -0.39 is 0 Å². The van der Waals surface area contributed by atoms with E-state index in [-0.39, 0.29) is 11.8 Å². The molecule has 0 aliphatic carbocycles. The van der Waals surface area contributed by atoms with Crippen LogP contribution in [0, 0.1) is 13.8 Å². The minimum absolute atomic E-state index is 0.134. The second-order valence-electron chi connectivity index (χ2n) is 6.64. The Kier molecular flexibility index (Phi) is 3.41. The predicted octanol–water partition coefficient (Wildman–Crippen LogP) is 3.71. The largest absolute Gasteiger partial charge is 0.331 e. The van der Waals surface area contributed by atoms with Gasteiger partial charge >= 0.3 is 0 Å². The molecule has 1 fully saturated rings. The van der Waals surface area contributed by atoms with Crippen LogP contribution in [0.1, 0.15) is 29.3 Å². The molecular formula is C20H21N3O. The third-order valence-corrected chi connectivity index (χ3v) is 5.18. The smallest absolute Gasteiger partial charge is 0.227 e. The summed E-state index contributed by atoms with van der Waals surface area (Å²) in [4.78, 5) is 19.3. The van der Waals surface area contributed by atoms with Gasteiger partial charge in [-0.15, -0.1) is 0 Å². The van der Waals surface area contributed by atoms with Crippen LogP contribution in [0.4, 0.5) is 5.69 Å². The number of benzene rings is 2. The first-order valence-electron chi connectivity index (χ1n) is 8.34. The Hall–Kier alpha value is -2.62. The van der Waals surface area contributed by atoms with Crippen molar-refractivity contribution in [2.24, 2.45) is 7.05 Å². The molecule has 4 rings (SSSR count). The number of hydrogen-bond acceptors (Lipinski definition) is 2. The zero-order chi connectivity index (χ0) is 16.8. The summed E-state index contributed by atoms with van der Waals surface area (Å²) < 4.78 is 2.12. The highest BCUT2D eigenvalue weighted by Gasteiger charge is 2.34. The van der Waals surface area contributed by atoms with Crippen LogP contribution in [0.15, 0.2) is 42.5 Å². The Morgan fingerprint density at radius 3 is 2.67 bits per heavy atom. The number of carbonyl (C=O) groups excluding carboxylic acids is 1. The second kappa shape index (κ2) is 5.48. The third kappa shape index (κ3) is 2.21. The van der Waals surface area contributed by atoms with Crippen LogP contribution in [-0.4, -0.2) is 22.0 Å². The SMILES string of the molecule is Cc1cccc(N2C[C@@H](c3nc4ccccc4n3C)CC2=O)c1C. The molecule has 1 aliphatic rings. The predicted molar refractivity (Wildman–Crippen MR) is 96.3 cm³/mol. The highest BCUT2D eigenvalue weighted by Crippen LogP contribution is 2.34. The number of fused-ring (bicyclic) bond motifs is 1. The summed E-state index contributed by atoms with van der Waals surface area (Å²) in [7, 11) is 2.04. The van der Waals surface area contributed by atoms with E-state index in [1.807, 2.05) is 42.3 Å². The van der Waals surface area contributed by atoms with Crippen molar-refractivity contribution in [1.82, 2.24) is 9.55 Å². The van der Waals surface area contributed by atoms with Gasteiger partial charge in [-0.25, -0.2) is 4.98 Å². The summed E-state index contributed by atoms with van der Waals surface area (Å²) >= 11 is 0. The summed E-state index contributed by atoms with van der Waals surface area (Å²) in [6, 6.07) is 14.3. The molecule has 24 heavy (non-hydrogen) atoms. The van der Waals surface area contributed by atoms with Crippen molar-refractivity contribution >= 4 is 22.6 Å². The molecule has 1 aromatic heterocycles. The summed E-state index contributed by atoms with van der Waals surface area (Å²) in [5, 5.41) is 0. The van der Waals surface area contributed by atoms with E-state index in [9.17, 15) is 4.79 Å². The molecule has 1 aliphatic heterocycles. The molecule has 1 amide bonds. The summed E-state index contributed by atoms with van der Waals surface area (Å²) in [6.45, 7) is 4.86. The number of amides is 1. The van der Waals surface area contributed by atoms with Gasteiger partial charge in [0.05, 0.1) is 11.0 Å². The van der Waals surface area contributed by atoms with Crippen LogP contribution >= 0.6 is 0 Å². The molecule has 0 saturated carbocycles. The maximum absolute atomic E-state index is 12.6. The molecule has 0 unspecified atom stereocenters. The van der Waals surface area contributed by atoms with Gasteiger partial charge in [0.2, 0.25) is 5.91 Å². The molecule has 3 aromatic rings. The highest BCUT2D eigenvalue weighted by molar-refractivity contribution is 5.97. The van der Waals surface area contributed by atoms with E-state index in [4.69, 9.17) is 4.98 Å². The zero-order valence-corrected chi connectivity index (χ0v) is 14.3. The molecule has 0 spiro atoms. The molecule has 4 heteroatoms. The molecule has 0 bridgehead atoms. The zero-order valence-electron chi connectivity index (χ0n) is 14.3. The molecule has 0 radical (unpaired) electrons. The average Bonchev–Trinajstić information content (AvgIpc) is 3.11. The molecular weight excluding hydrogens is 298 g/mol. The summed E-state index contributed by atoms with van der Waals surface area (Å²) in [5.41, 5.74) is 5.53. The molecule has 122 valence electrons. The van der Waals surface area contributed by atoms with Crippen molar-refractivity contribution in [3.63, 3.8) is 0 Å². The molecule has 2 aromatic carbocycles. The van der Waals surface area contributed by atoms with Crippen LogP contribution in [-0.2, 0) is 11.8 Å². The van der Waals surface area contributed by atoms with E-state index in [1.165, 1.54) is 11.1 Å². The van der Waals surface area contributed by atoms with Gasteiger partial charge in [0.25, 0.3) is 0 Å². The van der Waals surface area contributed by atoms with E-state index >= 15 is 0 Å². The summed E-state index contributed by atoms with van der Waals surface area (Å²) in [5.74, 6) is 1.31. The van der Waals surface area contributed by atoms with Gasteiger partial charge in [-0.3, -0.25) is 4.79 Å². The van der Waals surface area contributed by atoms with Crippen molar-refractivity contribution in [1.29, 1.82) is 0 Å². The molecule has 2 heterocycles. The maximum Gasteiger partial charge on any atom is 0.227 e. The number of imidazole rings is 1. The van der Waals surface area contributed by atoms with Gasteiger partial charge in [-0.05, 0) is 43.2 Å². The number of aryl methyl sites for hydroxylation is 2. The van der Waals surface area contributed by atoms with Crippen LogP contribution < -0.4 is 4.90 Å². The van der Waals surface area contributed by atoms with Gasteiger partial charge < -0.3 is 9.47 Å². The number of aromatic nitrogens is 2. The monoisotopic (exact) mass is 319 g/mol. The van der Waals surface area contributed by atoms with Crippen LogP contribution in [0.5, 0.6) is 0 Å². The van der Waals surface area contributed by atoms with Gasteiger partial charge in [0, 0.05) is 31.6 Å². The van der Waals surface area contributed by atoms with E-state index in [2.05, 4.69) is 30.5 Å². The lowest BCUT2D eigenvalue weighted by Crippen LogP contribution is -2.25. The Labute approximate surface area is 141 Å². The Morgan fingerprint density at radius 2 is 1.88 bits per heavy atom. The van der Waals surface area contributed by atoms with Crippen LogP contribution in [0.3, 0.4) is 0 Å². The normalized spacial score (nSPS) is 17.9. The lowest BCUT2D eigenvalue weighted by Gasteiger charge is -2.20. The number of nitrogens with zero attached hydrogens (tertiary/aromatic N) is 3. The standard InChI is InChI=1S/C20H21N3O/c1-13-7-6-10-17(14(13)2)23-12-15(11-19(23)24)20-21-16-8-4-5-9-18(16)22(20)3/h4-10,15H,11-12H2,1-3H3/t15-/m0/s1. The van der Waals surface area contributed by atoms with Crippen molar-refractivity contribution in [2.45, 2.75) is 26.2 Å². The fourth-order valence-corrected chi connectivity index (χ4v) is 3.67. The quantitative estimate of drug-likeness (QED) is 0.722.